The van der Waals surface area contributed by atoms with E-state index < -0.39 is 0 Å². The first-order valence-corrected chi connectivity index (χ1v) is 5.22. The third kappa shape index (κ3) is 1.69. The van der Waals surface area contributed by atoms with Crippen LogP contribution >= 0.6 is 11.3 Å². The van der Waals surface area contributed by atoms with Gasteiger partial charge in [0.25, 0.3) is 0 Å². The van der Waals surface area contributed by atoms with Crippen molar-refractivity contribution in [1.82, 2.24) is 5.01 Å². The van der Waals surface area contributed by atoms with Crippen LogP contribution in [0.4, 0.5) is 0 Å². The highest BCUT2D eigenvalue weighted by atomic mass is 32.1. The minimum atomic E-state index is -0.340. The average Bonchev–Trinajstić information content (AvgIpc) is 2.71. The molecule has 0 saturated heterocycles. The van der Waals surface area contributed by atoms with Gasteiger partial charge in [-0.2, -0.15) is 5.10 Å². The first-order valence-electron chi connectivity index (χ1n) is 4.34. The fourth-order valence-electron chi connectivity index (χ4n) is 1.33. The van der Waals surface area contributed by atoms with Gasteiger partial charge in [-0.1, -0.05) is 6.07 Å². The van der Waals surface area contributed by atoms with Crippen molar-refractivity contribution in [1.29, 1.82) is 0 Å². The van der Waals surface area contributed by atoms with Crippen LogP contribution in [-0.2, 0) is 4.79 Å². The fourth-order valence-corrected chi connectivity index (χ4v) is 2.07. The number of amides is 1. The molecule has 0 radical (unpaired) electrons. The van der Waals surface area contributed by atoms with Gasteiger partial charge in [0.2, 0.25) is 5.91 Å². The Labute approximate surface area is 85.5 Å². The number of carbonyl (C=O) groups excluding carboxylic acids is 1. The van der Waals surface area contributed by atoms with Gasteiger partial charge in [0.15, 0.2) is 0 Å². The standard InChI is InChI=1S/C9H10N2O2S/c12-6-11-9(13)4-3-7(10-11)8-2-1-5-14-8/h1-2,5,12H,3-4,6H2. The lowest BCUT2D eigenvalue weighted by Crippen LogP contribution is -2.32. The Kier molecular flexibility index (Phi) is 2.60. The Hall–Kier alpha value is -1.20. The van der Waals surface area contributed by atoms with Gasteiger partial charge in [0.1, 0.15) is 6.73 Å². The predicted molar refractivity (Wildman–Crippen MR) is 54.0 cm³/mol. The van der Waals surface area contributed by atoms with Crippen LogP contribution in [0.3, 0.4) is 0 Å². The predicted octanol–water partition coefficient (Wildman–Crippen LogP) is 1.02. The summed E-state index contributed by atoms with van der Waals surface area (Å²) in [6, 6.07) is 3.91. The van der Waals surface area contributed by atoms with Crippen LogP contribution in [0.15, 0.2) is 22.6 Å². The van der Waals surface area contributed by atoms with E-state index in [0.29, 0.717) is 12.8 Å². The van der Waals surface area contributed by atoms with Gasteiger partial charge in [-0.3, -0.25) is 4.79 Å². The van der Waals surface area contributed by atoms with E-state index in [1.807, 2.05) is 17.5 Å². The van der Waals surface area contributed by atoms with Crippen molar-refractivity contribution in [3.05, 3.63) is 22.4 Å². The van der Waals surface area contributed by atoms with E-state index in [9.17, 15) is 4.79 Å². The smallest absolute Gasteiger partial charge is 0.245 e. The molecule has 0 fully saturated rings. The van der Waals surface area contributed by atoms with Gasteiger partial charge in [-0.15, -0.1) is 11.3 Å². The minimum Gasteiger partial charge on any atom is -0.374 e. The summed E-state index contributed by atoms with van der Waals surface area (Å²) in [6.45, 7) is -0.340. The number of carbonyl (C=O) groups is 1. The topological polar surface area (TPSA) is 52.9 Å². The SMILES string of the molecule is O=C1CCC(c2cccs2)=NN1CO. The maximum Gasteiger partial charge on any atom is 0.245 e. The maximum atomic E-state index is 11.2. The molecule has 5 heteroatoms. The summed E-state index contributed by atoms with van der Waals surface area (Å²) >= 11 is 1.59. The van der Waals surface area contributed by atoms with Crippen LogP contribution in [0, 0.1) is 0 Å². The summed E-state index contributed by atoms with van der Waals surface area (Å²) in [7, 11) is 0. The van der Waals surface area contributed by atoms with E-state index in [-0.39, 0.29) is 12.6 Å². The molecule has 74 valence electrons. The lowest BCUT2D eigenvalue weighted by Gasteiger charge is -2.20. The maximum absolute atomic E-state index is 11.2. The number of nitrogens with zero attached hydrogens (tertiary/aromatic N) is 2. The summed E-state index contributed by atoms with van der Waals surface area (Å²) in [6.07, 6.45) is 1.09. The second-order valence-corrected chi connectivity index (χ2v) is 3.91. The molecule has 1 N–H and O–H groups in total. The zero-order chi connectivity index (χ0) is 9.97. The quantitative estimate of drug-likeness (QED) is 0.792. The van der Waals surface area contributed by atoms with Gasteiger partial charge in [0, 0.05) is 12.8 Å². The first kappa shape index (κ1) is 9.36. The summed E-state index contributed by atoms with van der Waals surface area (Å²) in [5, 5.41) is 16.0. The Morgan fingerprint density at radius 3 is 3.07 bits per heavy atom. The molecule has 2 rings (SSSR count). The minimum absolute atomic E-state index is 0.118. The Morgan fingerprint density at radius 1 is 1.57 bits per heavy atom. The van der Waals surface area contributed by atoms with Crippen molar-refractivity contribution in [2.75, 3.05) is 6.73 Å². The van der Waals surface area contributed by atoms with Crippen molar-refractivity contribution < 1.29 is 9.90 Å². The van der Waals surface area contributed by atoms with Gasteiger partial charge in [-0.05, 0) is 11.4 Å². The van der Waals surface area contributed by atoms with Crippen LogP contribution in [-0.4, -0.2) is 28.5 Å². The molecule has 0 spiro atoms. The zero-order valence-electron chi connectivity index (χ0n) is 7.51. The number of hydrogen-bond acceptors (Lipinski definition) is 4. The molecular formula is C9H10N2O2S. The highest BCUT2D eigenvalue weighted by Gasteiger charge is 2.20. The second-order valence-electron chi connectivity index (χ2n) is 2.96. The van der Waals surface area contributed by atoms with Crippen molar-refractivity contribution in [2.24, 2.45) is 5.10 Å². The summed E-state index contributed by atoms with van der Waals surface area (Å²) < 4.78 is 0. The van der Waals surface area contributed by atoms with Gasteiger partial charge in [0.05, 0.1) is 10.6 Å². The van der Waals surface area contributed by atoms with Crippen LogP contribution in [0.5, 0.6) is 0 Å². The number of rotatable bonds is 2. The Bertz CT molecular complexity index is 359. The van der Waals surface area contributed by atoms with Gasteiger partial charge in [-0.25, -0.2) is 5.01 Å². The largest absolute Gasteiger partial charge is 0.374 e. The van der Waals surface area contributed by atoms with Crippen LogP contribution in [0.1, 0.15) is 17.7 Å². The van der Waals surface area contributed by atoms with Crippen molar-refractivity contribution in [2.45, 2.75) is 12.8 Å². The number of aliphatic hydroxyl groups is 1. The molecule has 0 aliphatic carbocycles. The van der Waals surface area contributed by atoms with E-state index in [4.69, 9.17) is 5.11 Å². The summed E-state index contributed by atoms with van der Waals surface area (Å²) in [5.74, 6) is -0.118. The molecule has 2 heterocycles. The molecule has 0 bridgehead atoms. The van der Waals surface area contributed by atoms with Crippen LogP contribution < -0.4 is 0 Å². The number of thiophene rings is 1. The molecule has 4 nitrogen and oxygen atoms in total. The molecule has 14 heavy (non-hydrogen) atoms. The summed E-state index contributed by atoms with van der Waals surface area (Å²) in [5.41, 5.74) is 0.883. The molecular weight excluding hydrogens is 200 g/mol. The summed E-state index contributed by atoms with van der Waals surface area (Å²) in [4.78, 5) is 12.3. The zero-order valence-corrected chi connectivity index (χ0v) is 8.33. The fraction of sp³-hybridized carbons (Fsp3) is 0.333. The molecule has 1 aromatic rings. The normalized spacial score (nSPS) is 17.1. The highest BCUT2D eigenvalue weighted by Crippen LogP contribution is 2.18. The van der Waals surface area contributed by atoms with E-state index in [1.165, 1.54) is 0 Å². The molecule has 0 atom stereocenters. The molecule has 0 aromatic carbocycles. The van der Waals surface area contributed by atoms with E-state index in [0.717, 1.165) is 15.6 Å². The molecule has 1 aliphatic rings. The molecule has 1 aromatic heterocycles. The molecule has 0 unspecified atom stereocenters. The Balaban J connectivity index is 2.25. The van der Waals surface area contributed by atoms with E-state index in [2.05, 4.69) is 5.10 Å². The number of aliphatic hydroxyl groups excluding tert-OH is 1. The third-order valence-electron chi connectivity index (χ3n) is 2.04. The van der Waals surface area contributed by atoms with Crippen molar-refractivity contribution in [3.63, 3.8) is 0 Å². The van der Waals surface area contributed by atoms with Crippen LogP contribution in [0.25, 0.3) is 0 Å². The van der Waals surface area contributed by atoms with Gasteiger partial charge >= 0.3 is 0 Å². The lowest BCUT2D eigenvalue weighted by molar-refractivity contribution is -0.135. The first-order chi connectivity index (χ1) is 6.81. The van der Waals surface area contributed by atoms with E-state index >= 15 is 0 Å². The monoisotopic (exact) mass is 210 g/mol. The number of hydrogen-bond donors (Lipinski definition) is 1. The molecule has 1 amide bonds. The Morgan fingerprint density at radius 2 is 2.43 bits per heavy atom. The molecule has 0 saturated carbocycles. The third-order valence-corrected chi connectivity index (χ3v) is 2.96. The number of hydrazone groups is 1. The van der Waals surface area contributed by atoms with Crippen molar-refractivity contribution in [3.8, 4) is 0 Å². The van der Waals surface area contributed by atoms with Crippen LogP contribution in [0.2, 0.25) is 0 Å². The lowest BCUT2D eigenvalue weighted by atomic mass is 10.1. The molecule has 1 aliphatic heterocycles. The van der Waals surface area contributed by atoms with Crippen molar-refractivity contribution >= 4 is 23.0 Å². The second kappa shape index (κ2) is 3.89. The average molecular weight is 210 g/mol. The highest BCUT2D eigenvalue weighted by molar-refractivity contribution is 7.12. The van der Waals surface area contributed by atoms with E-state index in [1.54, 1.807) is 11.3 Å². The van der Waals surface area contributed by atoms with Gasteiger partial charge < -0.3 is 5.11 Å².